The Balaban J connectivity index is 2.47. The van der Waals surface area contributed by atoms with Crippen LogP contribution in [0.25, 0.3) is 0 Å². The monoisotopic (exact) mass is 285 g/mol. The van der Waals surface area contributed by atoms with Crippen molar-refractivity contribution in [2.45, 2.75) is 71.3 Å². The van der Waals surface area contributed by atoms with Gasteiger partial charge in [0.15, 0.2) is 0 Å². The molecule has 1 unspecified atom stereocenters. The smallest absolute Gasteiger partial charge is 0.106 e. The first kappa shape index (κ1) is 16.0. The zero-order chi connectivity index (χ0) is 15.5. The van der Waals surface area contributed by atoms with Crippen LogP contribution >= 0.6 is 0 Å². The fourth-order valence-corrected chi connectivity index (χ4v) is 3.73. The van der Waals surface area contributed by atoms with Gasteiger partial charge >= 0.3 is 0 Å². The number of aliphatic hydroxyl groups is 1. The van der Waals surface area contributed by atoms with E-state index in [0.717, 1.165) is 42.4 Å². The molecule has 1 aromatic carbocycles. The highest BCUT2D eigenvalue weighted by atomic mass is 16.3. The van der Waals surface area contributed by atoms with Crippen LogP contribution in [-0.2, 0) is 5.60 Å². The van der Waals surface area contributed by atoms with E-state index in [9.17, 15) is 10.4 Å². The van der Waals surface area contributed by atoms with Crippen LogP contribution in [0, 0.1) is 30.6 Å². The first-order valence-corrected chi connectivity index (χ1v) is 8.14. The molecule has 0 aromatic heterocycles. The highest BCUT2D eigenvalue weighted by molar-refractivity contribution is 5.37. The second-order valence-electron chi connectivity index (χ2n) is 6.85. The maximum absolute atomic E-state index is 11.4. The van der Waals surface area contributed by atoms with Gasteiger partial charge in [-0.1, -0.05) is 55.9 Å². The van der Waals surface area contributed by atoms with Gasteiger partial charge in [-0.2, -0.15) is 5.26 Å². The molecule has 1 aliphatic rings. The summed E-state index contributed by atoms with van der Waals surface area (Å²) >= 11 is 0. The lowest BCUT2D eigenvalue weighted by Gasteiger charge is -2.42. The zero-order valence-corrected chi connectivity index (χ0v) is 13.6. The molecule has 2 nitrogen and oxygen atoms in total. The molecule has 0 heterocycles. The van der Waals surface area contributed by atoms with Crippen LogP contribution in [0.3, 0.4) is 0 Å². The van der Waals surface area contributed by atoms with Crippen molar-refractivity contribution in [2.24, 2.45) is 5.41 Å². The van der Waals surface area contributed by atoms with E-state index in [-0.39, 0.29) is 0 Å². The highest BCUT2D eigenvalue weighted by Crippen LogP contribution is 2.48. The maximum atomic E-state index is 11.4. The van der Waals surface area contributed by atoms with Crippen molar-refractivity contribution in [1.82, 2.24) is 0 Å². The molecule has 0 bridgehead atoms. The minimum atomic E-state index is -1.09. The summed E-state index contributed by atoms with van der Waals surface area (Å²) in [5.41, 5.74) is 1.38. The molecular weight excluding hydrogens is 258 g/mol. The van der Waals surface area contributed by atoms with Gasteiger partial charge in [0.05, 0.1) is 11.5 Å². The van der Waals surface area contributed by atoms with Crippen molar-refractivity contribution in [1.29, 1.82) is 5.26 Å². The Labute approximate surface area is 128 Å². The number of nitriles is 1. The summed E-state index contributed by atoms with van der Waals surface area (Å²) in [6.07, 6.45) is 7.27. The third-order valence-corrected chi connectivity index (χ3v) is 5.27. The molecule has 1 aliphatic carbocycles. The predicted molar refractivity (Wildman–Crippen MR) is 85.9 cm³/mol. The highest BCUT2D eigenvalue weighted by Gasteiger charge is 2.48. The minimum absolute atomic E-state index is 0.661. The van der Waals surface area contributed by atoms with E-state index in [0.29, 0.717) is 0 Å². The van der Waals surface area contributed by atoms with Gasteiger partial charge in [-0.25, -0.2) is 0 Å². The van der Waals surface area contributed by atoms with E-state index in [2.05, 4.69) is 12.1 Å². The normalized spacial score (nSPS) is 21.7. The van der Waals surface area contributed by atoms with E-state index < -0.39 is 11.0 Å². The van der Waals surface area contributed by atoms with Crippen LogP contribution < -0.4 is 0 Å². The molecule has 0 aliphatic heterocycles. The molecule has 0 spiro atoms. The zero-order valence-electron chi connectivity index (χ0n) is 13.6. The Bertz CT molecular complexity index is 531. The molecule has 0 saturated heterocycles. The second kappa shape index (κ2) is 6.20. The third-order valence-electron chi connectivity index (χ3n) is 5.27. The van der Waals surface area contributed by atoms with Crippen molar-refractivity contribution in [3.05, 3.63) is 34.9 Å². The summed E-state index contributed by atoms with van der Waals surface area (Å²) < 4.78 is 0. The van der Waals surface area contributed by atoms with Crippen LogP contribution in [-0.4, -0.2) is 5.11 Å². The van der Waals surface area contributed by atoms with E-state index in [1.807, 2.05) is 32.9 Å². The molecular formula is C19H27NO. The molecule has 0 amide bonds. The number of rotatable bonds is 2. The SMILES string of the molecule is Cc1ccc(C)c(C(C)(O)C2(C#N)CCCCCCC2)c1. The van der Waals surface area contributed by atoms with Crippen LogP contribution in [0.2, 0.25) is 0 Å². The summed E-state index contributed by atoms with van der Waals surface area (Å²) in [5, 5.41) is 21.3. The van der Waals surface area contributed by atoms with Gasteiger partial charge in [0.25, 0.3) is 0 Å². The molecule has 1 fully saturated rings. The first-order valence-electron chi connectivity index (χ1n) is 8.14. The molecule has 1 N–H and O–H groups in total. The van der Waals surface area contributed by atoms with Crippen molar-refractivity contribution in [3.8, 4) is 6.07 Å². The first-order chi connectivity index (χ1) is 9.93. The molecule has 114 valence electrons. The Hall–Kier alpha value is -1.33. The van der Waals surface area contributed by atoms with Crippen molar-refractivity contribution in [3.63, 3.8) is 0 Å². The van der Waals surface area contributed by atoms with Gasteiger partial charge in [-0.3, -0.25) is 0 Å². The molecule has 0 radical (unpaired) electrons. The van der Waals surface area contributed by atoms with Gasteiger partial charge in [0.2, 0.25) is 0 Å². The summed E-state index contributed by atoms with van der Waals surface area (Å²) in [6, 6.07) is 8.68. The van der Waals surface area contributed by atoms with Crippen LogP contribution in [0.5, 0.6) is 0 Å². The van der Waals surface area contributed by atoms with Crippen LogP contribution in [0.1, 0.15) is 68.6 Å². The standard InChI is InChI=1S/C19H27NO/c1-15-9-10-16(2)17(13-15)18(3,21)19(14-20)11-7-5-4-6-8-12-19/h9-10,13,21H,4-8,11-12H2,1-3H3. The predicted octanol–water partition coefficient (Wildman–Crippen LogP) is 4.77. The molecule has 21 heavy (non-hydrogen) atoms. The van der Waals surface area contributed by atoms with Gasteiger partial charge in [-0.05, 0) is 44.7 Å². The van der Waals surface area contributed by atoms with Crippen molar-refractivity contribution in [2.75, 3.05) is 0 Å². The average Bonchev–Trinajstić information content (AvgIpc) is 2.41. The fourth-order valence-electron chi connectivity index (χ4n) is 3.73. The summed E-state index contributed by atoms with van der Waals surface area (Å²) in [4.78, 5) is 0. The molecule has 1 atom stereocenters. The maximum Gasteiger partial charge on any atom is 0.106 e. The Morgan fingerprint density at radius 3 is 2.24 bits per heavy atom. The Kier molecular flexibility index (Phi) is 4.74. The van der Waals surface area contributed by atoms with Crippen LogP contribution in [0.4, 0.5) is 0 Å². The van der Waals surface area contributed by atoms with E-state index in [1.165, 1.54) is 19.3 Å². The largest absolute Gasteiger partial charge is 0.384 e. The number of hydrogen-bond donors (Lipinski definition) is 1. The van der Waals surface area contributed by atoms with Gasteiger partial charge in [0.1, 0.15) is 5.60 Å². The summed E-state index contributed by atoms with van der Waals surface area (Å²) in [5.74, 6) is 0. The van der Waals surface area contributed by atoms with E-state index in [1.54, 1.807) is 0 Å². The lowest BCUT2D eigenvalue weighted by molar-refractivity contribution is -0.0587. The lowest BCUT2D eigenvalue weighted by Crippen LogP contribution is -2.43. The van der Waals surface area contributed by atoms with Gasteiger partial charge < -0.3 is 5.11 Å². The number of aryl methyl sites for hydroxylation is 2. The van der Waals surface area contributed by atoms with Crippen molar-refractivity contribution >= 4 is 0 Å². The third kappa shape index (κ3) is 2.99. The fraction of sp³-hybridized carbons (Fsp3) is 0.632. The Morgan fingerprint density at radius 1 is 1.10 bits per heavy atom. The molecule has 1 saturated carbocycles. The molecule has 1 aromatic rings. The summed E-state index contributed by atoms with van der Waals surface area (Å²) in [7, 11) is 0. The van der Waals surface area contributed by atoms with E-state index in [4.69, 9.17) is 0 Å². The van der Waals surface area contributed by atoms with E-state index >= 15 is 0 Å². The van der Waals surface area contributed by atoms with Gasteiger partial charge in [0, 0.05) is 0 Å². The quantitative estimate of drug-likeness (QED) is 0.851. The lowest BCUT2D eigenvalue weighted by atomic mass is 9.63. The van der Waals surface area contributed by atoms with Gasteiger partial charge in [-0.15, -0.1) is 0 Å². The topological polar surface area (TPSA) is 44.0 Å². The summed E-state index contributed by atoms with van der Waals surface area (Å²) in [6.45, 7) is 5.91. The average molecular weight is 285 g/mol. The Morgan fingerprint density at radius 2 is 1.67 bits per heavy atom. The number of benzene rings is 1. The second-order valence-corrected chi connectivity index (χ2v) is 6.85. The minimum Gasteiger partial charge on any atom is -0.384 e. The number of hydrogen-bond acceptors (Lipinski definition) is 2. The van der Waals surface area contributed by atoms with Crippen LogP contribution in [0.15, 0.2) is 18.2 Å². The molecule has 2 rings (SSSR count). The number of nitrogens with zero attached hydrogens (tertiary/aromatic N) is 1. The molecule has 2 heteroatoms. The van der Waals surface area contributed by atoms with Crippen molar-refractivity contribution < 1.29 is 5.11 Å².